The third-order valence-electron chi connectivity index (χ3n) is 11.3. The normalized spacial score (nSPS) is 11.7. The van der Waals surface area contributed by atoms with Crippen LogP contribution in [0.15, 0.2) is 97.1 Å². The zero-order valence-electron chi connectivity index (χ0n) is 29.3. The minimum absolute atomic E-state index is 0.874. The molecule has 0 spiro atoms. The molecule has 222 valence electrons. The van der Waals surface area contributed by atoms with E-state index < -0.39 is 0 Å². The van der Waals surface area contributed by atoms with Gasteiger partial charge in [0.25, 0.3) is 0 Å². The quantitative estimate of drug-likeness (QED) is 0.171. The van der Waals surface area contributed by atoms with Crippen molar-refractivity contribution in [2.24, 2.45) is 0 Å². The van der Waals surface area contributed by atoms with Crippen molar-refractivity contribution in [3.8, 4) is 27.9 Å². The molecule has 8 aromatic rings. The van der Waals surface area contributed by atoms with E-state index >= 15 is 0 Å². The summed E-state index contributed by atoms with van der Waals surface area (Å²) in [5, 5.41) is 8.01. The maximum absolute atomic E-state index is 4.93. The molecular formula is C39H35B7N2. The van der Waals surface area contributed by atoms with Gasteiger partial charge in [-0.15, -0.1) is 10.9 Å². The van der Waals surface area contributed by atoms with Gasteiger partial charge < -0.3 is 0 Å². The highest BCUT2D eigenvalue weighted by molar-refractivity contribution is 6.72. The number of rotatable bonds is 4. The SMILES string of the molecule is Bc1c(B)c(B)c2c(B)c(-c3c4ccccc4c(-c4ccc(-n5c(CC)nc6ccccc65)cc4)c4ccccc34)c(B)c(B)c2c1B. The van der Waals surface area contributed by atoms with Gasteiger partial charge in [-0.25, -0.2) is 4.98 Å². The number of aryl methyl sites for hydroxylation is 1. The van der Waals surface area contributed by atoms with Crippen LogP contribution in [0.5, 0.6) is 0 Å². The van der Waals surface area contributed by atoms with Crippen LogP contribution in [0.1, 0.15) is 12.7 Å². The Morgan fingerprint density at radius 3 is 1.52 bits per heavy atom. The van der Waals surface area contributed by atoms with Gasteiger partial charge in [-0.1, -0.05) is 107 Å². The van der Waals surface area contributed by atoms with Gasteiger partial charge in [0.1, 0.15) is 60.7 Å². The Morgan fingerprint density at radius 1 is 0.479 bits per heavy atom. The van der Waals surface area contributed by atoms with Crippen molar-refractivity contribution in [2.45, 2.75) is 13.3 Å². The molecule has 0 bridgehead atoms. The number of aromatic nitrogens is 2. The van der Waals surface area contributed by atoms with Gasteiger partial charge >= 0.3 is 0 Å². The summed E-state index contributed by atoms with van der Waals surface area (Å²) in [4.78, 5) is 4.93. The van der Waals surface area contributed by atoms with Crippen LogP contribution in [0, 0.1) is 0 Å². The number of imidazole rings is 1. The lowest BCUT2D eigenvalue weighted by molar-refractivity contribution is 0.908. The van der Waals surface area contributed by atoms with Crippen LogP contribution < -0.4 is 38.2 Å². The first-order valence-corrected chi connectivity index (χ1v) is 17.2. The lowest BCUT2D eigenvalue weighted by atomic mass is 9.58. The molecule has 0 atom stereocenters. The zero-order valence-corrected chi connectivity index (χ0v) is 29.3. The standard InChI is InChI=1S/C39H35B7N2/c1-2-27-47-25-13-7-8-14-26(25)48(27)20-17-15-19(16-18-20)28-21-9-3-5-11-23(21)29(24-12-6-4-10-22(24)28)30-33(40)31-32(35(42)34(30)41)37(44)39(46)38(45)36(31)43/h3-18H,2,40-46H2,1H3. The molecule has 9 heteroatoms. The molecule has 0 saturated heterocycles. The third kappa shape index (κ3) is 4.33. The first kappa shape index (κ1) is 30.6. The maximum Gasteiger partial charge on any atom is 0.140 e. The van der Waals surface area contributed by atoms with E-state index in [-0.39, 0.29) is 0 Å². The van der Waals surface area contributed by atoms with Crippen LogP contribution in [0.3, 0.4) is 0 Å². The van der Waals surface area contributed by atoms with Gasteiger partial charge in [0.05, 0.1) is 11.0 Å². The molecule has 0 saturated carbocycles. The molecule has 1 aromatic heterocycles. The molecular weight excluding hydrogens is 572 g/mol. The number of benzene rings is 7. The van der Waals surface area contributed by atoms with Crippen molar-refractivity contribution in [3.05, 3.63) is 103 Å². The van der Waals surface area contributed by atoms with E-state index in [4.69, 9.17) is 4.98 Å². The predicted molar refractivity (Wildman–Crippen MR) is 231 cm³/mol. The molecule has 0 radical (unpaired) electrons. The van der Waals surface area contributed by atoms with E-state index in [0.29, 0.717) is 0 Å². The fourth-order valence-electron chi connectivity index (χ4n) is 8.49. The second-order valence-electron chi connectivity index (χ2n) is 13.6. The second kappa shape index (κ2) is 11.4. The number of fused-ring (bicyclic) bond motifs is 4. The first-order chi connectivity index (χ1) is 23.2. The predicted octanol–water partition coefficient (Wildman–Crippen LogP) is -1.81. The van der Waals surface area contributed by atoms with E-state index in [1.54, 1.807) is 0 Å². The summed E-state index contributed by atoms with van der Waals surface area (Å²) in [5.74, 6) is 1.08. The van der Waals surface area contributed by atoms with Crippen molar-refractivity contribution in [3.63, 3.8) is 0 Å². The first-order valence-electron chi connectivity index (χ1n) is 17.2. The largest absolute Gasteiger partial charge is 0.296 e. The third-order valence-corrected chi connectivity index (χ3v) is 11.3. The summed E-state index contributed by atoms with van der Waals surface area (Å²) in [6.07, 6.45) is 0.874. The van der Waals surface area contributed by atoms with Gasteiger partial charge in [-0.2, -0.15) is 0 Å². The molecule has 7 aromatic carbocycles. The summed E-state index contributed by atoms with van der Waals surface area (Å²) in [7, 11) is 16.2. The van der Waals surface area contributed by atoms with E-state index in [1.165, 1.54) is 92.8 Å². The van der Waals surface area contributed by atoms with Crippen LogP contribution in [0.25, 0.3) is 71.3 Å². The monoisotopic (exact) mass is 608 g/mol. The molecule has 0 aliphatic rings. The summed E-state index contributed by atoms with van der Waals surface area (Å²) in [6, 6.07) is 35.6. The highest BCUT2D eigenvalue weighted by atomic mass is 15.1. The zero-order chi connectivity index (χ0) is 33.4. The fraction of sp³-hybridized carbons (Fsp3) is 0.0513. The topological polar surface area (TPSA) is 17.8 Å². The van der Waals surface area contributed by atoms with Gasteiger partial charge in [-0.3, -0.25) is 4.57 Å². The minimum Gasteiger partial charge on any atom is -0.296 e. The molecule has 1 heterocycles. The fourth-order valence-corrected chi connectivity index (χ4v) is 8.49. The molecule has 0 N–H and O–H groups in total. The molecule has 8 rings (SSSR count). The summed E-state index contributed by atoms with van der Waals surface area (Å²) >= 11 is 0. The Morgan fingerprint density at radius 2 is 0.958 bits per heavy atom. The Balaban J connectivity index is 1.42. The van der Waals surface area contributed by atoms with Crippen LogP contribution >= 0.6 is 0 Å². The molecule has 0 unspecified atom stereocenters. The maximum atomic E-state index is 4.93. The lowest BCUT2D eigenvalue weighted by Gasteiger charge is -2.26. The van der Waals surface area contributed by atoms with Crippen molar-refractivity contribution < 1.29 is 0 Å². The van der Waals surface area contributed by atoms with Crippen molar-refractivity contribution >= 4 is 137 Å². The van der Waals surface area contributed by atoms with Crippen LogP contribution in [0.4, 0.5) is 0 Å². The average Bonchev–Trinajstić information content (AvgIpc) is 3.50. The number of para-hydroxylation sites is 2. The molecule has 0 aliphatic heterocycles. The average molecular weight is 607 g/mol. The van der Waals surface area contributed by atoms with E-state index in [9.17, 15) is 0 Å². The van der Waals surface area contributed by atoms with Gasteiger partial charge in [0, 0.05) is 12.1 Å². The number of nitrogens with zero attached hydrogens (tertiary/aromatic N) is 2. The van der Waals surface area contributed by atoms with Crippen LogP contribution in [0.2, 0.25) is 0 Å². The number of hydrogen-bond acceptors (Lipinski definition) is 1. The second-order valence-corrected chi connectivity index (χ2v) is 13.6. The minimum atomic E-state index is 0.874. The van der Waals surface area contributed by atoms with E-state index in [2.05, 4.69) is 163 Å². The smallest absolute Gasteiger partial charge is 0.140 e. The molecule has 48 heavy (non-hydrogen) atoms. The van der Waals surface area contributed by atoms with Crippen molar-refractivity contribution in [2.75, 3.05) is 0 Å². The van der Waals surface area contributed by atoms with Gasteiger partial charge in [0.15, 0.2) is 0 Å². The summed E-state index contributed by atoms with van der Waals surface area (Å²) in [5.41, 5.74) is 18.3. The van der Waals surface area contributed by atoms with Gasteiger partial charge in [-0.05, 0) is 78.8 Å². The van der Waals surface area contributed by atoms with Crippen molar-refractivity contribution in [1.82, 2.24) is 9.55 Å². The summed E-state index contributed by atoms with van der Waals surface area (Å²) in [6.45, 7) is 2.18. The van der Waals surface area contributed by atoms with E-state index in [0.717, 1.165) is 29.0 Å². The Labute approximate surface area is 289 Å². The van der Waals surface area contributed by atoms with Crippen LogP contribution in [-0.2, 0) is 6.42 Å². The van der Waals surface area contributed by atoms with Crippen LogP contribution in [-0.4, -0.2) is 64.5 Å². The Bertz CT molecular complexity index is 2570. The highest BCUT2D eigenvalue weighted by Gasteiger charge is 2.23. The van der Waals surface area contributed by atoms with Crippen molar-refractivity contribution in [1.29, 1.82) is 0 Å². The number of hydrogen-bond donors (Lipinski definition) is 0. The Hall–Kier alpha value is -4.76. The Kier molecular flexibility index (Phi) is 7.29. The molecule has 0 amide bonds. The lowest BCUT2D eigenvalue weighted by Crippen LogP contribution is -2.52. The molecule has 2 nitrogen and oxygen atoms in total. The molecule has 0 aliphatic carbocycles. The molecule has 0 fully saturated rings. The summed E-state index contributed by atoms with van der Waals surface area (Å²) < 4.78 is 2.30. The van der Waals surface area contributed by atoms with Gasteiger partial charge in [0.2, 0.25) is 0 Å². The van der Waals surface area contributed by atoms with E-state index in [1.807, 2.05) is 0 Å². The highest BCUT2D eigenvalue weighted by Crippen LogP contribution is 2.43.